The van der Waals surface area contributed by atoms with Crippen molar-refractivity contribution in [1.82, 2.24) is 0 Å². The fourth-order valence-corrected chi connectivity index (χ4v) is 4.56. The topological polar surface area (TPSA) is 13.1 Å². The van der Waals surface area contributed by atoms with Crippen molar-refractivity contribution in [2.45, 2.75) is 58.1 Å². The summed E-state index contributed by atoms with van der Waals surface area (Å²) in [4.78, 5) is 0. The molecule has 2 nitrogen and oxygen atoms in total. The zero-order valence-electron chi connectivity index (χ0n) is 13.9. The van der Waals surface area contributed by atoms with Crippen LogP contribution < -0.4 is 9.30 Å². The molecule has 2 heteroatoms. The number of aromatic nitrogens is 1. The minimum atomic E-state index is 0.0794. The van der Waals surface area contributed by atoms with Gasteiger partial charge in [0.2, 0.25) is 5.69 Å². The highest BCUT2D eigenvalue weighted by Crippen LogP contribution is 2.53. The lowest BCUT2D eigenvalue weighted by molar-refractivity contribution is -0.765. The first kappa shape index (κ1) is 13.8. The molecule has 2 aromatic rings. The minimum absolute atomic E-state index is 0.0794. The van der Waals surface area contributed by atoms with Crippen molar-refractivity contribution in [2.24, 2.45) is 0 Å². The summed E-state index contributed by atoms with van der Waals surface area (Å²) in [5.74, 6) is 1.04. The second kappa shape index (κ2) is 4.34. The standard InChI is InChI=1S/C20H24NO/c1-5-19(3)15-10-7-11-16-17(15)18-14(13-22-16)9-8-12-21(18)20(19,4)6-2/h7-12H,5-6,13H2,1-4H3/q+1. The van der Waals surface area contributed by atoms with Gasteiger partial charge in [0.25, 0.3) is 0 Å². The highest BCUT2D eigenvalue weighted by atomic mass is 16.5. The molecule has 3 heterocycles. The molecule has 2 aliphatic rings. The van der Waals surface area contributed by atoms with Gasteiger partial charge < -0.3 is 4.74 Å². The van der Waals surface area contributed by atoms with Crippen molar-refractivity contribution in [1.29, 1.82) is 0 Å². The molecule has 0 fully saturated rings. The van der Waals surface area contributed by atoms with Crippen LogP contribution in [0.25, 0.3) is 11.3 Å². The molecule has 1 aromatic heterocycles. The van der Waals surface area contributed by atoms with Crippen LogP contribution in [0.15, 0.2) is 36.5 Å². The van der Waals surface area contributed by atoms with Crippen LogP contribution in [0.5, 0.6) is 5.75 Å². The Morgan fingerprint density at radius 3 is 2.64 bits per heavy atom. The highest BCUT2D eigenvalue weighted by molar-refractivity contribution is 5.75. The molecule has 0 bridgehead atoms. The van der Waals surface area contributed by atoms with Gasteiger partial charge in [0, 0.05) is 19.4 Å². The molecule has 2 atom stereocenters. The average Bonchev–Trinajstić information content (AvgIpc) is 2.58. The van der Waals surface area contributed by atoms with Crippen molar-refractivity contribution in [2.75, 3.05) is 0 Å². The van der Waals surface area contributed by atoms with Gasteiger partial charge in [-0.05, 0) is 31.0 Å². The molecule has 0 saturated heterocycles. The largest absolute Gasteiger partial charge is 0.488 e. The molecule has 4 rings (SSSR count). The lowest BCUT2D eigenvalue weighted by Crippen LogP contribution is -2.68. The van der Waals surface area contributed by atoms with E-state index in [1.807, 2.05) is 0 Å². The van der Waals surface area contributed by atoms with E-state index in [4.69, 9.17) is 4.74 Å². The first-order valence-corrected chi connectivity index (χ1v) is 8.37. The van der Waals surface area contributed by atoms with E-state index < -0.39 is 0 Å². The van der Waals surface area contributed by atoms with Crippen LogP contribution in [0.4, 0.5) is 0 Å². The fourth-order valence-electron chi connectivity index (χ4n) is 4.56. The van der Waals surface area contributed by atoms with Gasteiger partial charge in [-0.15, -0.1) is 0 Å². The zero-order valence-corrected chi connectivity index (χ0v) is 13.9. The maximum absolute atomic E-state index is 6.05. The van der Waals surface area contributed by atoms with Gasteiger partial charge in [0.15, 0.2) is 11.7 Å². The summed E-state index contributed by atoms with van der Waals surface area (Å²) >= 11 is 0. The molecule has 2 unspecified atom stereocenters. The molecule has 0 saturated carbocycles. The van der Waals surface area contributed by atoms with Crippen LogP contribution in [0.1, 0.15) is 51.7 Å². The lowest BCUT2D eigenvalue weighted by Gasteiger charge is -2.47. The quantitative estimate of drug-likeness (QED) is 0.751. The fraction of sp³-hybridized carbons (Fsp3) is 0.450. The Morgan fingerprint density at radius 2 is 1.91 bits per heavy atom. The Kier molecular flexibility index (Phi) is 2.73. The van der Waals surface area contributed by atoms with E-state index in [0.29, 0.717) is 6.61 Å². The van der Waals surface area contributed by atoms with Crippen molar-refractivity contribution < 1.29 is 9.30 Å². The van der Waals surface area contributed by atoms with Crippen LogP contribution in [-0.2, 0) is 17.6 Å². The summed E-state index contributed by atoms with van der Waals surface area (Å²) in [7, 11) is 0. The average molecular weight is 294 g/mol. The van der Waals surface area contributed by atoms with Crippen molar-refractivity contribution in [3.05, 3.63) is 47.7 Å². The Hall–Kier alpha value is -1.83. The number of ether oxygens (including phenoxy) is 1. The number of benzene rings is 1. The molecule has 0 N–H and O–H groups in total. The lowest BCUT2D eigenvalue weighted by atomic mass is 9.60. The van der Waals surface area contributed by atoms with E-state index in [9.17, 15) is 0 Å². The Labute approximate surface area is 132 Å². The van der Waals surface area contributed by atoms with Crippen LogP contribution >= 0.6 is 0 Å². The van der Waals surface area contributed by atoms with Crippen LogP contribution in [0.2, 0.25) is 0 Å². The molecule has 0 radical (unpaired) electrons. The van der Waals surface area contributed by atoms with Gasteiger partial charge in [0.1, 0.15) is 12.4 Å². The van der Waals surface area contributed by atoms with Gasteiger partial charge in [-0.1, -0.05) is 26.0 Å². The van der Waals surface area contributed by atoms with Crippen LogP contribution in [0.3, 0.4) is 0 Å². The van der Waals surface area contributed by atoms with Crippen LogP contribution in [0, 0.1) is 0 Å². The molecular weight excluding hydrogens is 270 g/mol. The molecule has 114 valence electrons. The van der Waals surface area contributed by atoms with Gasteiger partial charge in [-0.3, -0.25) is 0 Å². The van der Waals surface area contributed by atoms with Gasteiger partial charge >= 0.3 is 0 Å². The molecule has 2 aliphatic heterocycles. The summed E-state index contributed by atoms with van der Waals surface area (Å²) in [6.07, 6.45) is 4.49. The van der Waals surface area contributed by atoms with E-state index in [0.717, 1.165) is 18.6 Å². The third-order valence-corrected chi connectivity index (χ3v) is 6.43. The van der Waals surface area contributed by atoms with Gasteiger partial charge in [0.05, 0.1) is 16.5 Å². The second-order valence-corrected chi connectivity index (χ2v) is 7.03. The normalized spacial score (nSPS) is 28.0. The Balaban J connectivity index is 2.19. The summed E-state index contributed by atoms with van der Waals surface area (Å²) in [6, 6.07) is 11.0. The maximum Gasteiger partial charge on any atom is 0.223 e. The Morgan fingerprint density at radius 1 is 1.09 bits per heavy atom. The minimum Gasteiger partial charge on any atom is -0.488 e. The smallest absolute Gasteiger partial charge is 0.223 e. The second-order valence-electron chi connectivity index (χ2n) is 7.03. The van der Waals surface area contributed by atoms with Crippen molar-refractivity contribution in [3.63, 3.8) is 0 Å². The predicted octanol–water partition coefficient (Wildman–Crippen LogP) is 4.34. The first-order valence-electron chi connectivity index (χ1n) is 8.37. The number of rotatable bonds is 2. The number of hydrogen-bond donors (Lipinski definition) is 0. The summed E-state index contributed by atoms with van der Waals surface area (Å²) in [5, 5.41) is 0. The predicted molar refractivity (Wildman–Crippen MR) is 88.0 cm³/mol. The van der Waals surface area contributed by atoms with Gasteiger partial charge in [-0.2, -0.15) is 4.57 Å². The number of pyridine rings is 1. The number of nitrogens with zero attached hydrogens (tertiary/aromatic N) is 1. The van der Waals surface area contributed by atoms with Crippen LogP contribution in [-0.4, -0.2) is 0 Å². The van der Waals surface area contributed by atoms with E-state index in [1.54, 1.807) is 0 Å². The Bertz CT molecular complexity index is 701. The van der Waals surface area contributed by atoms with E-state index in [1.165, 1.54) is 22.4 Å². The van der Waals surface area contributed by atoms with Gasteiger partial charge in [-0.25, -0.2) is 0 Å². The van der Waals surface area contributed by atoms with E-state index in [2.05, 4.69) is 68.8 Å². The molecule has 22 heavy (non-hydrogen) atoms. The zero-order chi connectivity index (χ0) is 15.5. The summed E-state index contributed by atoms with van der Waals surface area (Å²) in [6.45, 7) is 10.1. The van der Waals surface area contributed by atoms with Crippen molar-refractivity contribution in [3.8, 4) is 17.0 Å². The molecule has 0 aliphatic carbocycles. The first-order chi connectivity index (χ1) is 10.6. The molecule has 0 amide bonds. The summed E-state index contributed by atoms with van der Waals surface area (Å²) < 4.78 is 8.57. The molecule has 1 aromatic carbocycles. The third kappa shape index (κ3) is 1.39. The van der Waals surface area contributed by atoms with E-state index >= 15 is 0 Å². The van der Waals surface area contributed by atoms with E-state index in [-0.39, 0.29) is 11.0 Å². The summed E-state index contributed by atoms with van der Waals surface area (Å²) in [5.41, 5.74) is 5.62. The monoisotopic (exact) mass is 294 g/mol. The molecule has 0 spiro atoms. The SMILES string of the molecule is CCC1(C)c2cccc3c2-c2c(ccc[n+]2C1(C)CC)CO3. The highest BCUT2D eigenvalue weighted by Gasteiger charge is 2.57. The number of hydrogen-bond acceptors (Lipinski definition) is 1. The maximum atomic E-state index is 6.05. The third-order valence-electron chi connectivity index (χ3n) is 6.43. The molecular formula is C20H24NO+. The van der Waals surface area contributed by atoms with Crippen molar-refractivity contribution >= 4 is 0 Å².